The Bertz CT molecular complexity index is 214. The largest absolute Gasteiger partial charge is 0.0915 e. The van der Waals surface area contributed by atoms with E-state index in [0.29, 0.717) is 0 Å². The minimum atomic E-state index is 1.05. The third kappa shape index (κ3) is 3.97. The first kappa shape index (κ1) is 11.0. The molecule has 0 saturated carbocycles. The van der Waals surface area contributed by atoms with Crippen LogP contribution >= 0.6 is 0 Å². The molecule has 0 aromatic heterocycles. The summed E-state index contributed by atoms with van der Waals surface area (Å²) in [7, 11) is 0. The second kappa shape index (κ2) is 6.66. The predicted molar refractivity (Wildman–Crippen MR) is 57.1 cm³/mol. The Hall–Kier alpha value is -1.04. The highest BCUT2D eigenvalue weighted by Crippen LogP contribution is 2.12. The molecule has 0 radical (unpaired) electrons. The zero-order chi connectivity index (χ0) is 9.40. The second-order valence-electron chi connectivity index (χ2n) is 2.58. The van der Waals surface area contributed by atoms with Crippen LogP contribution in [0.5, 0.6) is 0 Å². The van der Waals surface area contributed by atoms with Gasteiger partial charge in [-0.2, -0.15) is 0 Å². The summed E-state index contributed by atoms with van der Waals surface area (Å²) in [6, 6.07) is 0. The monoisotopic (exact) mass is 162 g/mol. The van der Waals surface area contributed by atoms with Crippen LogP contribution in [0.3, 0.4) is 0 Å². The van der Waals surface area contributed by atoms with E-state index in [1.54, 1.807) is 0 Å². The van der Waals surface area contributed by atoms with Gasteiger partial charge in [0.2, 0.25) is 0 Å². The van der Waals surface area contributed by atoms with Crippen molar-refractivity contribution in [2.24, 2.45) is 0 Å². The van der Waals surface area contributed by atoms with Crippen LogP contribution in [0.1, 0.15) is 27.2 Å². The van der Waals surface area contributed by atoms with Gasteiger partial charge >= 0.3 is 0 Å². The normalized spacial score (nSPS) is 13.1. The molecule has 0 aliphatic carbocycles. The van der Waals surface area contributed by atoms with E-state index in [9.17, 15) is 0 Å². The average Bonchev–Trinajstić information content (AvgIpc) is 2.07. The van der Waals surface area contributed by atoms with Gasteiger partial charge in [-0.05, 0) is 31.4 Å². The predicted octanol–water partition coefficient (Wildman–Crippen LogP) is 4.03. The fraction of sp³-hybridized carbons (Fsp3) is 0.333. The highest BCUT2D eigenvalue weighted by Gasteiger charge is 1.92. The van der Waals surface area contributed by atoms with Gasteiger partial charge in [0.25, 0.3) is 0 Å². The van der Waals surface area contributed by atoms with Crippen LogP contribution < -0.4 is 0 Å². The Kier molecular flexibility index (Phi) is 6.08. The van der Waals surface area contributed by atoms with Crippen molar-refractivity contribution in [2.45, 2.75) is 27.2 Å². The van der Waals surface area contributed by atoms with Gasteiger partial charge in [-0.15, -0.1) is 0 Å². The van der Waals surface area contributed by atoms with Gasteiger partial charge in [-0.1, -0.05) is 43.9 Å². The maximum absolute atomic E-state index is 3.98. The molecule has 0 nitrogen and oxygen atoms in total. The molecular weight excluding hydrogens is 144 g/mol. The number of rotatable bonds is 4. The molecule has 0 aromatic carbocycles. The lowest BCUT2D eigenvalue weighted by Crippen LogP contribution is -1.81. The topological polar surface area (TPSA) is 0 Å². The summed E-state index contributed by atoms with van der Waals surface area (Å²) in [4.78, 5) is 0. The maximum Gasteiger partial charge on any atom is -0.0300 e. The standard InChI is InChI=1S/C12H18/c1-5-8-9-10-11(4)12(6-2)7-3/h5-6,8-10H,4,7H2,1-3H3/b8-5-,10-9-,12-6+. The molecule has 0 spiro atoms. The van der Waals surface area contributed by atoms with Crippen molar-refractivity contribution in [1.82, 2.24) is 0 Å². The van der Waals surface area contributed by atoms with Crippen molar-refractivity contribution in [2.75, 3.05) is 0 Å². The third-order valence-electron chi connectivity index (χ3n) is 1.74. The van der Waals surface area contributed by atoms with Crippen molar-refractivity contribution in [3.63, 3.8) is 0 Å². The molecule has 0 aliphatic heterocycles. The van der Waals surface area contributed by atoms with E-state index in [4.69, 9.17) is 0 Å². The Balaban J connectivity index is 4.21. The summed E-state index contributed by atoms with van der Waals surface area (Å²) >= 11 is 0. The van der Waals surface area contributed by atoms with E-state index in [0.717, 1.165) is 12.0 Å². The van der Waals surface area contributed by atoms with Crippen LogP contribution in [0.2, 0.25) is 0 Å². The first-order chi connectivity index (χ1) is 5.76. The van der Waals surface area contributed by atoms with Crippen LogP contribution in [0.25, 0.3) is 0 Å². The summed E-state index contributed by atoms with van der Waals surface area (Å²) in [5.41, 5.74) is 2.42. The summed E-state index contributed by atoms with van der Waals surface area (Å²) in [5, 5.41) is 0. The van der Waals surface area contributed by atoms with Crippen molar-refractivity contribution in [1.29, 1.82) is 0 Å². The van der Waals surface area contributed by atoms with E-state index < -0.39 is 0 Å². The average molecular weight is 162 g/mol. The molecule has 0 aliphatic rings. The van der Waals surface area contributed by atoms with Crippen LogP contribution in [0, 0.1) is 0 Å². The Morgan fingerprint density at radius 2 is 1.92 bits per heavy atom. The number of allylic oxidation sites excluding steroid dienone is 7. The molecule has 0 amide bonds. The minimum absolute atomic E-state index is 1.05. The van der Waals surface area contributed by atoms with Gasteiger partial charge in [0.1, 0.15) is 0 Å². The van der Waals surface area contributed by atoms with E-state index in [1.165, 1.54) is 5.57 Å². The smallest absolute Gasteiger partial charge is 0.0300 e. The van der Waals surface area contributed by atoms with Crippen LogP contribution in [0.4, 0.5) is 0 Å². The van der Waals surface area contributed by atoms with Crippen LogP contribution in [0.15, 0.2) is 48.1 Å². The molecule has 0 saturated heterocycles. The molecule has 0 rings (SSSR count). The fourth-order valence-corrected chi connectivity index (χ4v) is 1.01. The van der Waals surface area contributed by atoms with Gasteiger partial charge in [0, 0.05) is 0 Å². The quantitative estimate of drug-likeness (QED) is 0.547. The lowest BCUT2D eigenvalue weighted by molar-refractivity contribution is 1.12. The highest BCUT2D eigenvalue weighted by atomic mass is 14.0. The molecule has 12 heavy (non-hydrogen) atoms. The van der Waals surface area contributed by atoms with Crippen molar-refractivity contribution in [3.05, 3.63) is 48.1 Å². The van der Waals surface area contributed by atoms with Gasteiger partial charge in [0.05, 0.1) is 0 Å². The first-order valence-corrected chi connectivity index (χ1v) is 4.40. The van der Waals surface area contributed by atoms with E-state index in [1.807, 2.05) is 38.2 Å². The van der Waals surface area contributed by atoms with Crippen LogP contribution in [-0.4, -0.2) is 0 Å². The van der Waals surface area contributed by atoms with Gasteiger partial charge in [0.15, 0.2) is 0 Å². The summed E-state index contributed by atoms with van der Waals surface area (Å²) < 4.78 is 0. The Labute approximate surface area is 76.0 Å². The zero-order valence-electron chi connectivity index (χ0n) is 8.30. The third-order valence-corrected chi connectivity index (χ3v) is 1.74. The summed E-state index contributed by atoms with van der Waals surface area (Å²) in [6.07, 6.45) is 11.2. The molecule has 0 fully saturated rings. The first-order valence-electron chi connectivity index (χ1n) is 4.40. The lowest BCUT2D eigenvalue weighted by atomic mass is 10.1. The summed E-state index contributed by atoms with van der Waals surface area (Å²) in [6.45, 7) is 10.2. The van der Waals surface area contributed by atoms with Gasteiger partial charge in [-0.3, -0.25) is 0 Å². The molecule has 0 aromatic rings. The SMILES string of the molecule is C=C(/C=C\C=C/C)/C(=C/C)CC. The second-order valence-corrected chi connectivity index (χ2v) is 2.58. The molecule has 0 heteroatoms. The molecule has 66 valence electrons. The molecule has 0 unspecified atom stereocenters. The zero-order valence-corrected chi connectivity index (χ0v) is 8.30. The number of hydrogen-bond acceptors (Lipinski definition) is 0. The van der Waals surface area contributed by atoms with Crippen LogP contribution in [-0.2, 0) is 0 Å². The molecular formula is C12H18. The molecule has 0 atom stereocenters. The lowest BCUT2D eigenvalue weighted by Gasteiger charge is -2.01. The van der Waals surface area contributed by atoms with Crippen molar-refractivity contribution in [3.8, 4) is 0 Å². The van der Waals surface area contributed by atoms with Gasteiger partial charge < -0.3 is 0 Å². The minimum Gasteiger partial charge on any atom is -0.0915 e. The molecule has 0 N–H and O–H groups in total. The van der Waals surface area contributed by atoms with E-state index in [2.05, 4.69) is 19.6 Å². The molecule has 0 bridgehead atoms. The van der Waals surface area contributed by atoms with Gasteiger partial charge in [-0.25, -0.2) is 0 Å². The molecule has 0 heterocycles. The van der Waals surface area contributed by atoms with Crippen molar-refractivity contribution < 1.29 is 0 Å². The van der Waals surface area contributed by atoms with E-state index >= 15 is 0 Å². The highest BCUT2D eigenvalue weighted by molar-refractivity contribution is 5.37. The summed E-state index contributed by atoms with van der Waals surface area (Å²) in [5.74, 6) is 0. The Morgan fingerprint density at radius 1 is 1.25 bits per heavy atom. The fourth-order valence-electron chi connectivity index (χ4n) is 1.01. The van der Waals surface area contributed by atoms with E-state index in [-0.39, 0.29) is 0 Å². The Morgan fingerprint density at radius 3 is 2.33 bits per heavy atom. The maximum atomic E-state index is 3.98. The number of hydrogen-bond donors (Lipinski definition) is 0. The van der Waals surface area contributed by atoms with Crippen molar-refractivity contribution >= 4 is 0 Å².